The van der Waals surface area contributed by atoms with Crippen molar-refractivity contribution in [2.75, 3.05) is 0 Å². The topological polar surface area (TPSA) is 9.23 Å². The highest BCUT2D eigenvalue weighted by Gasteiger charge is 2.25. The molecule has 20 heavy (non-hydrogen) atoms. The summed E-state index contributed by atoms with van der Waals surface area (Å²) in [7, 11) is 0. The van der Waals surface area contributed by atoms with E-state index in [-0.39, 0.29) is 11.5 Å². The zero-order valence-electron chi connectivity index (χ0n) is 14.8. The van der Waals surface area contributed by atoms with Gasteiger partial charge in [0.2, 0.25) is 0 Å². The highest BCUT2D eigenvalue weighted by Crippen LogP contribution is 2.40. The molecule has 1 aromatic carbocycles. The van der Waals surface area contributed by atoms with Crippen LogP contribution >= 0.6 is 0 Å². The van der Waals surface area contributed by atoms with Gasteiger partial charge in [0, 0.05) is 5.56 Å². The maximum absolute atomic E-state index is 6.15. The van der Waals surface area contributed by atoms with Gasteiger partial charge in [-0.25, -0.2) is 0 Å². The van der Waals surface area contributed by atoms with Crippen LogP contribution in [-0.4, -0.2) is 6.10 Å². The van der Waals surface area contributed by atoms with Crippen molar-refractivity contribution >= 4 is 0 Å². The molecule has 0 aromatic heterocycles. The summed E-state index contributed by atoms with van der Waals surface area (Å²) in [5.74, 6) is 1.60. The molecule has 0 aliphatic rings. The summed E-state index contributed by atoms with van der Waals surface area (Å²) in [6.45, 7) is 20.1. The first kappa shape index (κ1) is 17.1. The predicted octanol–water partition coefficient (Wildman–Crippen LogP) is 5.77. The van der Waals surface area contributed by atoms with Crippen LogP contribution in [0.1, 0.15) is 83.6 Å². The van der Waals surface area contributed by atoms with Gasteiger partial charge < -0.3 is 4.74 Å². The fourth-order valence-electron chi connectivity index (χ4n) is 2.92. The third-order valence-corrected chi connectivity index (χ3v) is 3.71. The van der Waals surface area contributed by atoms with E-state index < -0.39 is 0 Å². The average Bonchev–Trinajstić information content (AvgIpc) is 2.28. The van der Waals surface area contributed by atoms with E-state index >= 15 is 0 Å². The Bertz CT molecular complexity index is 462. The number of rotatable bonds is 4. The first-order chi connectivity index (χ1) is 9.09. The van der Waals surface area contributed by atoms with Crippen LogP contribution < -0.4 is 4.74 Å². The second-order valence-electron chi connectivity index (χ2n) is 7.39. The summed E-state index contributed by atoms with van der Waals surface area (Å²) in [6, 6.07) is 2.34. The lowest BCUT2D eigenvalue weighted by Gasteiger charge is -2.29. The Morgan fingerprint density at radius 1 is 1.10 bits per heavy atom. The number of aryl methyl sites for hydroxylation is 1. The van der Waals surface area contributed by atoms with E-state index in [0.29, 0.717) is 5.92 Å². The number of ether oxygens (including phenoxy) is 1. The van der Waals surface area contributed by atoms with E-state index in [4.69, 9.17) is 4.74 Å². The molecule has 1 aromatic rings. The molecule has 0 amide bonds. The van der Waals surface area contributed by atoms with Crippen molar-refractivity contribution in [3.8, 4) is 5.75 Å². The van der Waals surface area contributed by atoms with Crippen LogP contribution in [0.4, 0.5) is 0 Å². The van der Waals surface area contributed by atoms with Crippen LogP contribution in [0, 0.1) is 6.92 Å². The van der Waals surface area contributed by atoms with E-state index in [9.17, 15) is 0 Å². The minimum atomic E-state index is 0.177. The highest BCUT2D eigenvalue weighted by molar-refractivity contribution is 5.53. The molecule has 0 saturated heterocycles. The summed E-state index contributed by atoms with van der Waals surface area (Å²) in [6.07, 6.45) is 1.28. The van der Waals surface area contributed by atoms with E-state index in [1.54, 1.807) is 0 Å². The van der Waals surface area contributed by atoms with Crippen LogP contribution in [0.25, 0.3) is 0 Å². The maximum atomic E-state index is 6.15. The van der Waals surface area contributed by atoms with Crippen molar-refractivity contribution in [3.05, 3.63) is 28.3 Å². The van der Waals surface area contributed by atoms with E-state index in [2.05, 4.69) is 68.4 Å². The molecule has 114 valence electrons. The molecule has 0 radical (unpaired) electrons. The van der Waals surface area contributed by atoms with Crippen LogP contribution in [0.5, 0.6) is 5.75 Å². The molecule has 0 unspecified atom stereocenters. The summed E-state index contributed by atoms with van der Waals surface area (Å²) in [5.41, 5.74) is 5.80. The van der Waals surface area contributed by atoms with Gasteiger partial charge in [-0.2, -0.15) is 0 Å². The fraction of sp³-hybridized carbons (Fsp3) is 0.684. The Labute approximate surface area is 125 Å². The van der Waals surface area contributed by atoms with Crippen molar-refractivity contribution in [1.29, 1.82) is 0 Å². The lowest BCUT2D eigenvalue weighted by atomic mass is 9.78. The Balaban J connectivity index is 3.65. The minimum absolute atomic E-state index is 0.177. The Morgan fingerprint density at radius 3 is 2.00 bits per heavy atom. The third kappa shape index (κ3) is 3.56. The molecule has 1 rings (SSSR count). The van der Waals surface area contributed by atoms with Gasteiger partial charge in [0.25, 0.3) is 0 Å². The van der Waals surface area contributed by atoms with E-state index in [1.165, 1.54) is 22.3 Å². The summed E-state index contributed by atoms with van der Waals surface area (Å²) in [4.78, 5) is 0. The molecule has 0 aliphatic heterocycles. The molecule has 0 spiro atoms. The number of hydrogen-bond donors (Lipinski definition) is 0. The van der Waals surface area contributed by atoms with Crippen LogP contribution in [0.3, 0.4) is 0 Å². The Hall–Kier alpha value is -0.980. The predicted molar refractivity (Wildman–Crippen MR) is 89.1 cm³/mol. The second kappa shape index (κ2) is 6.20. The molecular formula is C19H32O. The lowest BCUT2D eigenvalue weighted by molar-refractivity contribution is 0.237. The number of hydrogen-bond acceptors (Lipinski definition) is 1. The number of benzene rings is 1. The van der Waals surface area contributed by atoms with E-state index in [0.717, 1.165) is 12.2 Å². The van der Waals surface area contributed by atoms with Gasteiger partial charge in [-0.3, -0.25) is 0 Å². The minimum Gasteiger partial charge on any atom is -0.490 e. The average molecular weight is 276 g/mol. The standard InChI is InChI=1S/C19H32O/c1-10-15-16(19(7,8)9)11-14(6)18(20-13(4)5)17(15)12(2)3/h11-13H,10H2,1-9H3. The zero-order valence-corrected chi connectivity index (χ0v) is 14.8. The fourth-order valence-corrected chi connectivity index (χ4v) is 2.92. The molecule has 0 N–H and O–H groups in total. The molecule has 0 bridgehead atoms. The summed E-state index contributed by atoms with van der Waals surface area (Å²) >= 11 is 0. The molecule has 0 heterocycles. The van der Waals surface area contributed by atoms with Crippen molar-refractivity contribution in [3.63, 3.8) is 0 Å². The van der Waals surface area contributed by atoms with Crippen molar-refractivity contribution < 1.29 is 4.74 Å². The van der Waals surface area contributed by atoms with Crippen LogP contribution in [0.15, 0.2) is 6.07 Å². The molecule has 0 atom stereocenters. The third-order valence-electron chi connectivity index (χ3n) is 3.71. The molecule has 0 saturated carbocycles. The van der Waals surface area contributed by atoms with Gasteiger partial charge in [-0.1, -0.05) is 47.6 Å². The lowest BCUT2D eigenvalue weighted by Crippen LogP contribution is -2.19. The van der Waals surface area contributed by atoms with Gasteiger partial charge in [-0.15, -0.1) is 0 Å². The molecular weight excluding hydrogens is 244 g/mol. The van der Waals surface area contributed by atoms with Gasteiger partial charge in [0.15, 0.2) is 0 Å². The first-order valence-electron chi connectivity index (χ1n) is 7.93. The van der Waals surface area contributed by atoms with Crippen molar-refractivity contribution in [2.45, 2.75) is 86.2 Å². The first-order valence-corrected chi connectivity index (χ1v) is 7.93. The highest BCUT2D eigenvalue weighted by atomic mass is 16.5. The van der Waals surface area contributed by atoms with Crippen LogP contribution in [0.2, 0.25) is 0 Å². The normalized spacial score (nSPS) is 12.3. The smallest absolute Gasteiger partial charge is 0.126 e. The Kier molecular flexibility index (Phi) is 5.29. The summed E-state index contributed by atoms with van der Waals surface area (Å²) < 4.78 is 6.15. The maximum Gasteiger partial charge on any atom is 0.126 e. The van der Waals surface area contributed by atoms with E-state index in [1.807, 2.05) is 0 Å². The molecule has 0 fully saturated rings. The summed E-state index contributed by atoms with van der Waals surface area (Å²) in [5, 5.41) is 0. The SMILES string of the molecule is CCc1c(C(C)(C)C)cc(C)c(OC(C)C)c1C(C)C. The van der Waals surface area contributed by atoms with Gasteiger partial charge in [0.05, 0.1) is 6.10 Å². The molecule has 0 aliphatic carbocycles. The van der Waals surface area contributed by atoms with Gasteiger partial charge in [-0.05, 0) is 55.2 Å². The zero-order chi connectivity index (χ0) is 15.7. The Morgan fingerprint density at radius 2 is 1.65 bits per heavy atom. The largest absolute Gasteiger partial charge is 0.490 e. The van der Waals surface area contributed by atoms with Crippen LogP contribution in [-0.2, 0) is 11.8 Å². The van der Waals surface area contributed by atoms with Gasteiger partial charge in [0.1, 0.15) is 5.75 Å². The second-order valence-corrected chi connectivity index (χ2v) is 7.39. The molecule has 1 heteroatoms. The van der Waals surface area contributed by atoms with Crippen molar-refractivity contribution in [1.82, 2.24) is 0 Å². The van der Waals surface area contributed by atoms with Gasteiger partial charge >= 0.3 is 0 Å². The monoisotopic (exact) mass is 276 g/mol. The quantitative estimate of drug-likeness (QED) is 0.678. The van der Waals surface area contributed by atoms with Crippen molar-refractivity contribution in [2.24, 2.45) is 0 Å². The molecule has 1 nitrogen and oxygen atoms in total.